The van der Waals surface area contributed by atoms with Gasteiger partial charge in [-0.25, -0.2) is 4.79 Å². The molecule has 1 atom stereocenters. The van der Waals surface area contributed by atoms with Crippen molar-refractivity contribution in [1.29, 1.82) is 0 Å². The van der Waals surface area contributed by atoms with E-state index in [0.29, 0.717) is 5.56 Å². The number of rotatable bonds is 5. The van der Waals surface area contributed by atoms with Crippen molar-refractivity contribution < 1.29 is 14.7 Å². The molecule has 2 rings (SSSR count). The number of carbonyl (C=O) groups excluding carboxylic acids is 1. The second-order valence-electron chi connectivity index (χ2n) is 5.07. The van der Waals surface area contributed by atoms with Crippen LogP contribution in [0.25, 0.3) is 0 Å². The molecule has 0 bridgehead atoms. The first-order valence-corrected chi connectivity index (χ1v) is 6.75. The summed E-state index contributed by atoms with van der Waals surface area (Å²) in [7, 11) is 1.71. The molecule has 0 aromatic carbocycles. The number of carbonyl (C=O) groups is 2. The molecule has 0 aliphatic heterocycles. The van der Waals surface area contributed by atoms with E-state index < -0.39 is 12.0 Å². The normalized spacial score (nSPS) is 16.4. The van der Waals surface area contributed by atoms with Crippen LogP contribution >= 0.6 is 0 Å². The third-order valence-corrected chi connectivity index (χ3v) is 3.38. The monoisotopic (exact) mass is 277 g/mol. The van der Waals surface area contributed by atoms with Crippen molar-refractivity contribution in [2.24, 2.45) is 7.05 Å². The smallest absolute Gasteiger partial charge is 0.331 e. The van der Waals surface area contributed by atoms with Crippen LogP contribution in [0.4, 0.5) is 0 Å². The van der Waals surface area contributed by atoms with Gasteiger partial charge in [-0.1, -0.05) is 11.6 Å². The van der Waals surface area contributed by atoms with E-state index in [1.54, 1.807) is 13.2 Å². The first-order chi connectivity index (χ1) is 9.56. The summed E-state index contributed by atoms with van der Waals surface area (Å²) in [6.45, 7) is 0. The first-order valence-electron chi connectivity index (χ1n) is 6.75. The molecule has 0 radical (unpaired) electrons. The van der Waals surface area contributed by atoms with Crippen molar-refractivity contribution in [2.75, 3.05) is 0 Å². The molecule has 1 heterocycles. The zero-order valence-corrected chi connectivity index (χ0v) is 11.5. The molecular weight excluding hydrogens is 258 g/mol. The maximum Gasteiger partial charge on any atom is 0.331 e. The average Bonchev–Trinajstić information content (AvgIpc) is 2.83. The lowest BCUT2D eigenvalue weighted by Crippen LogP contribution is -2.33. The SMILES string of the molecule is Cn1cc(C(NC(=O)CC2=CCCCC2)C(=O)O)cn1. The fourth-order valence-corrected chi connectivity index (χ4v) is 2.36. The zero-order valence-electron chi connectivity index (χ0n) is 11.5. The summed E-state index contributed by atoms with van der Waals surface area (Å²) in [6, 6.07) is -1.04. The highest BCUT2D eigenvalue weighted by Gasteiger charge is 2.23. The Morgan fingerprint density at radius 3 is 2.85 bits per heavy atom. The van der Waals surface area contributed by atoms with Gasteiger partial charge in [-0.2, -0.15) is 5.10 Å². The summed E-state index contributed by atoms with van der Waals surface area (Å²) in [5.74, 6) is -1.33. The number of nitrogens with one attached hydrogen (secondary N) is 1. The number of carboxylic acids is 1. The van der Waals surface area contributed by atoms with E-state index in [1.807, 2.05) is 0 Å². The maximum atomic E-state index is 12.0. The zero-order chi connectivity index (χ0) is 14.5. The van der Waals surface area contributed by atoms with Crippen LogP contribution in [0.5, 0.6) is 0 Å². The molecule has 2 N–H and O–H groups in total. The van der Waals surface area contributed by atoms with Gasteiger partial charge in [-0.3, -0.25) is 9.48 Å². The minimum atomic E-state index is -1.08. The molecule has 1 aliphatic rings. The lowest BCUT2D eigenvalue weighted by Gasteiger charge is -2.15. The van der Waals surface area contributed by atoms with E-state index in [2.05, 4.69) is 16.5 Å². The minimum absolute atomic E-state index is 0.255. The predicted octanol–water partition coefficient (Wildman–Crippen LogP) is 1.55. The van der Waals surface area contributed by atoms with E-state index in [9.17, 15) is 14.7 Å². The Labute approximate surface area is 117 Å². The topological polar surface area (TPSA) is 84.2 Å². The molecule has 1 aromatic heterocycles. The summed E-state index contributed by atoms with van der Waals surface area (Å²) >= 11 is 0. The molecule has 0 saturated carbocycles. The number of aliphatic carboxylic acids is 1. The van der Waals surface area contributed by atoms with Crippen LogP contribution in [0.1, 0.15) is 43.7 Å². The third kappa shape index (κ3) is 3.69. The lowest BCUT2D eigenvalue weighted by atomic mass is 9.97. The van der Waals surface area contributed by atoms with E-state index in [0.717, 1.165) is 24.8 Å². The van der Waals surface area contributed by atoms with Gasteiger partial charge in [-0.05, 0) is 25.7 Å². The van der Waals surface area contributed by atoms with Gasteiger partial charge in [0.2, 0.25) is 5.91 Å². The quantitative estimate of drug-likeness (QED) is 0.800. The van der Waals surface area contributed by atoms with E-state index >= 15 is 0 Å². The Morgan fingerprint density at radius 2 is 2.30 bits per heavy atom. The molecule has 1 aliphatic carbocycles. The van der Waals surface area contributed by atoms with Crippen molar-refractivity contribution in [2.45, 2.75) is 38.1 Å². The number of amides is 1. The average molecular weight is 277 g/mol. The van der Waals surface area contributed by atoms with Gasteiger partial charge < -0.3 is 10.4 Å². The first kappa shape index (κ1) is 14.3. The van der Waals surface area contributed by atoms with Gasteiger partial charge in [0.1, 0.15) is 0 Å². The van der Waals surface area contributed by atoms with E-state index in [-0.39, 0.29) is 12.3 Å². The minimum Gasteiger partial charge on any atom is -0.479 e. The van der Waals surface area contributed by atoms with Gasteiger partial charge in [0.15, 0.2) is 6.04 Å². The molecule has 108 valence electrons. The number of aryl methyl sites for hydroxylation is 1. The van der Waals surface area contributed by atoms with Crippen LogP contribution in [-0.4, -0.2) is 26.8 Å². The van der Waals surface area contributed by atoms with Crippen molar-refractivity contribution in [3.05, 3.63) is 29.6 Å². The van der Waals surface area contributed by atoms with Crippen LogP contribution < -0.4 is 5.32 Å². The molecule has 0 spiro atoms. The number of carboxylic acid groups (broad SMARTS) is 1. The molecular formula is C14H19N3O3. The Morgan fingerprint density at radius 1 is 1.50 bits per heavy atom. The van der Waals surface area contributed by atoms with Crippen molar-refractivity contribution in [3.63, 3.8) is 0 Å². The summed E-state index contributed by atoms with van der Waals surface area (Å²) < 4.78 is 1.51. The number of hydrogen-bond donors (Lipinski definition) is 2. The largest absolute Gasteiger partial charge is 0.479 e. The molecule has 6 nitrogen and oxygen atoms in total. The van der Waals surface area contributed by atoms with Gasteiger partial charge in [-0.15, -0.1) is 0 Å². The van der Waals surface area contributed by atoms with E-state index in [1.165, 1.54) is 17.3 Å². The number of aromatic nitrogens is 2. The number of nitrogens with zero attached hydrogens (tertiary/aromatic N) is 2. The van der Waals surface area contributed by atoms with Crippen LogP contribution in [0.2, 0.25) is 0 Å². The van der Waals surface area contributed by atoms with Crippen molar-refractivity contribution in [3.8, 4) is 0 Å². The van der Waals surface area contributed by atoms with Gasteiger partial charge >= 0.3 is 5.97 Å². The van der Waals surface area contributed by atoms with Crippen LogP contribution in [0.15, 0.2) is 24.0 Å². The van der Waals surface area contributed by atoms with Gasteiger partial charge in [0, 0.05) is 25.2 Å². The molecule has 0 fully saturated rings. The van der Waals surface area contributed by atoms with Gasteiger partial charge in [0.25, 0.3) is 0 Å². The predicted molar refractivity (Wildman–Crippen MR) is 72.9 cm³/mol. The molecule has 1 aromatic rings. The Balaban J connectivity index is 1.99. The number of hydrogen-bond acceptors (Lipinski definition) is 3. The third-order valence-electron chi connectivity index (χ3n) is 3.38. The Kier molecular flexibility index (Phi) is 4.55. The maximum absolute atomic E-state index is 12.0. The summed E-state index contributed by atoms with van der Waals surface area (Å²) in [5, 5.41) is 15.7. The summed E-state index contributed by atoms with van der Waals surface area (Å²) in [6.07, 6.45) is 9.62. The summed E-state index contributed by atoms with van der Waals surface area (Å²) in [5.41, 5.74) is 1.58. The van der Waals surface area contributed by atoms with E-state index in [4.69, 9.17) is 0 Å². The Bertz CT molecular complexity index is 534. The molecule has 0 saturated heterocycles. The van der Waals surface area contributed by atoms with Crippen LogP contribution in [-0.2, 0) is 16.6 Å². The fraction of sp³-hybridized carbons (Fsp3) is 0.500. The highest BCUT2D eigenvalue weighted by Crippen LogP contribution is 2.20. The standard InChI is InChI=1S/C14H19N3O3/c1-17-9-11(8-15-17)13(14(19)20)16-12(18)7-10-5-3-2-4-6-10/h5,8-9,13H,2-4,6-7H2,1H3,(H,16,18)(H,19,20). The molecule has 1 unspecified atom stereocenters. The second kappa shape index (κ2) is 6.36. The highest BCUT2D eigenvalue weighted by molar-refractivity contribution is 5.85. The highest BCUT2D eigenvalue weighted by atomic mass is 16.4. The number of allylic oxidation sites excluding steroid dienone is 1. The molecule has 20 heavy (non-hydrogen) atoms. The van der Waals surface area contributed by atoms with Crippen LogP contribution in [0, 0.1) is 0 Å². The molecule has 6 heteroatoms. The van der Waals surface area contributed by atoms with Crippen molar-refractivity contribution >= 4 is 11.9 Å². The lowest BCUT2D eigenvalue weighted by molar-refractivity contribution is -0.142. The molecule has 1 amide bonds. The Hall–Kier alpha value is -2.11. The fourth-order valence-electron chi connectivity index (χ4n) is 2.36. The second-order valence-corrected chi connectivity index (χ2v) is 5.07. The van der Waals surface area contributed by atoms with Crippen molar-refractivity contribution in [1.82, 2.24) is 15.1 Å². The summed E-state index contributed by atoms with van der Waals surface area (Å²) in [4.78, 5) is 23.2. The van der Waals surface area contributed by atoms with Gasteiger partial charge in [0.05, 0.1) is 6.20 Å². The van der Waals surface area contributed by atoms with Crippen LogP contribution in [0.3, 0.4) is 0 Å².